The third kappa shape index (κ3) is 4.09. The number of furan rings is 1. The monoisotopic (exact) mass is 374 g/mol. The van der Waals surface area contributed by atoms with Gasteiger partial charge in [0, 0.05) is 17.6 Å². The van der Waals surface area contributed by atoms with Crippen LogP contribution in [-0.2, 0) is 17.9 Å². The SMILES string of the molecule is CN(Cc1ccc(-c2ccc(Cl)cc2)o1)C(=O)Cn1cnc([N+](=O)[O-])c1. The van der Waals surface area contributed by atoms with Gasteiger partial charge in [0.1, 0.15) is 24.3 Å². The Morgan fingerprint density at radius 2 is 2.04 bits per heavy atom. The van der Waals surface area contributed by atoms with E-state index in [1.165, 1.54) is 22.0 Å². The number of aromatic nitrogens is 2. The maximum Gasteiger partial charge on any atom is 0.381 e. The van der Waals surface area contributed by atoms with Gasteiger partial charge in [-0.05, 0) is 46.3 Å². The van der Waals surface area contributed by atoms with E-state index in [1.54, 1.807) is 25.2 Å². The second-order valence-electron chi connectivity index (χ2n) is 5.68. The van der Waals surface area contributed by atoms with Crippen LogP contribution in [0.3, 0.4) is 0 Å². The Kier molecular flexibility index (Phi) is 5.04. The second kappa shape index (κ2) is 7.40. The van der Waals surface area contributed by atoms with E-state index in [9.17, 15) is 14.9 Å². The molecule has 0 unspecified atom stereocenters. The van der Waals surface area contributed by atoms with Gasteiger partial charge < -0.3 is 24.0 Å². The normalized spacial score (nSPS) is 10.7. The standard InChI is InChI=1S/C17H15ClN4O4/c1-20(17(23)10-21-9-16(19-11-21)22(24)25)8-14-6-7-15(26-14)12-2-4-13(18)5-3-12/h2-7,9,11H,8,10H2,1H3. The van der Waals surface area contributed by atoms with Crippen molar-refractivity contribution in [3.8, 4) is 11.3 Å². The van der Waals surface area contributed by atoms with Crippen molar-refractivity contribution in [1.82, 2.24) is 14.5 Å². The molecular weight excluding hydrogens is 360 g/mol. The highest BCUT2D eigenvalue weighted by Crippen LogP contribution is 2.24. The molecule has 0 spiro atoms. The van der Waals surface area contributed by atoms with Gasteiger partial charge in [-0.3, -0.25) is 4.79 Å². The number of rotatable bonds is 6. The third-order valence-electron chi connectivity index (χ3n) is 3.73. The molecule has 1 amide bonds. The fourth-order valence-electron chi connectivity index (χ4n) is 2.36. The minimum Gasteiger partial charge on any atom is -0.459 e. The molecule has 2 heterocycles. The molecule has 0 radical (unpaired) electrons. The molecule has 0 aliphatic heterocycles. The van der Waals surface area contributed by atoms with E-state index in [4.69, 9.17) is 16.0 Å². The quantitative estimate of drug-likeness (QED) is 0.487. The molecule has 3 rings (SSSR count). The number of amides is 1. The van der Waals surface area contributed by atoms with E-state index in [0.717, 1.165) is 5.56 Å². The lowest BCUT2D eigenvalue weighted by molar-refractivity contribution is -0.389. The van der Waals surface area contributed by atoms with Gasteiger partial charge >= 0.3 is 5.82 Å². The van der Waals surface area contributed by atoms with Crippen molar-refractivity contribution in [3.05, 3.63) is 69.8 Å². The van der Waals surface area contributed by atoms with Crippen LogP contribution in [0.1, 0.15) is 5.76 Å². The van der Waals surface area contributed by atoms with Crippen molar-refractivity contribution in [1.29, 1.82) is 0 Å². The summed E-state index contributed by atoms with van der Waals surface area (Å²) in [4.78, 5) is 27.4. The maximum absolute atomic E-state index is 12.3. The predicted octanol–water partition coefficient (Wildman–Crippen LogP) is 3.36. The van der Waals surface area contributed by atoms with Crippen LogP contribution in [0.2, 0.25) is 5.02 Å². The number of imidazole rings is 1. The molecule has 26 heavy (non-hydrogen) atoms. The molecule has 3 aromatic rings. The molecule has 0 bridgehead atoms. The summed E-state index contributed by atoms with van der Waals surface area (Å²) in [6, 6.07) is 10.9. The average Bonchev–Trinajstić information content (AvgIpc) is 3.25. The topological polar surface area (TPSA) is 94.4 Å². The number of halogens is 1. The van der Waals surface area contributed by atoms with Gasteiger partial charge in [0.15, 0.2) is 0 Å². The van der Waals surface area contributed by atoms with E-state index in [1.807, 2.05) is 18.2 Å². The third-order valence-corrected chi connectivity index (χ3v) is 3.99. The highest BCUT2D eigenvalue weighted by atomic mass is 35.5. The summed E-state index contributed by atoms with van der Waals surface area (Å²) >= 11 is 5.87. The summed E-state index contributed by atoms with van der Waals surface area (Å²) < 4.78 is 7.14. The van der Waals surface area contributed by atoms with Crippen LogP contribution in [0.5, 0.6) is 0 Å². The van der Waals surface area contributed by atoms with Crippen molar-refractivity contribution >= 4 is 23.3 Å². The second-order valence-corrected chi connectivity index (χ2v) is 6.12. The van der Waals surface area contributed by atoms with Gasteiger partial charge in [-0.25, -0.2) is 0 Å². The van der Waals surface area contributed by atoms with Gasteiger partial charge in [0.05, 0.1) is 6.54 Å². The molecule has 2 aromatic heterocycles. The van der Waals surface area contributed by atoms with E-state index >= 15 is 0 Å². The molecule has 0 atom stereocenters. The van der Waals surface area contributed by atoms with Crippen LogP contribution in [0.15, 0.2) is 53.3 Å². The Bertz CT molecular complexity index is 932. The first-order valence-electron chi connectivity index (χ1n) is 7.67. The van der Waals surface area contributed by atoms with Crippen molar-refractivity contribution in [2.24, 2.45) is 0 Å². The number of benzene rings is 1. The summed E-state index contributed by atoms with van der Waals surface area (Å²) in [6.07, 6.45) is 2.48. The summed E-state index contributed by atoms with van der Waals surface area (Å²) in [7, 11) is 1.64. The lowest BCUT2D eigenvalue weighted by atomic mass is 10.2. The zero-order valence-electron chi connectivity index (χ0n) is 13.8. The zero-order valence-corrected chi connectivity index (χ0v) is 14.6. The molecule has 8 nitrogen and oxygen atoms in total. The number of nitrogens with zero attached hydrogens (tertiary/aromatic N) is 4. The lowest BCUT2D eigenvalue weighted by Crippen LogP contribution is -2.29. The molecule has 134 valence electrons. The smallest absolute Gasteiger partial charge is 0.381 e. The van der Waals surface area contributed by atoms with Gasteiger partial charge in [0.2, 0.25) is 12.2 Å². The predicted molar refractivity (Wildman–Crippen MR) is 94.5 cm³/mol. The van der Waals surface area contributed by atoms with E-state index in [-0.39, 0.29) is 24.8 Å². The zero-order chi connectivity index (χ0) is 18.7. The average molecular weight is 375 g/mol. The summed E-state index contributed by atoms with van der Waals surface area (Å²) in [5.41, 5.74) is 0.889. The van der Waals surface area contributed by atoms with Crippen molar-refractivity contribution in [2.75, 3.05) is 7.05 Å². The van der Waals surface area contributed by atoms with E-state index in [0.29, 0.717) is 16.5 Å². The summed E-state index contributed by atoms with van der Waals surface area (Å²) in [5, 5.41) is 11.3. The molecular formula is C17H15ClN4O4. The van der Waals surface area contributed by atoms with Gasteiger partial charge in [-0.15, -0.1) is 0 Å². The first kappa shape index (κ1) is 17.7. The van der Waals surface area contributed by atoms with Crippen molar-refractivity contribution in [3.63, 3.8) is 0 Å². The Labute approximate surface area is 153 Å². The fourth-order valence-corrected chi connectivity index (χ4v) is 2.49. The summed E-state index contributed by atoms with van der Waals surface area (Å²) in [5.74, 6) is 0.797. The Hall–Kier alpha value is -3.13. The molecule has 0 saturated carbocycles. The Morgan fingerprint density at radius 1 is 1.31 bits per heavy atom. The fraction of sp³-hybridized carbons (Fsp3) is 0.176. The summed E-state index contributed by atoms with van der Waals surface area (Å²) in [6.45, 7) is 0.241. The maximum atomic E-state index is 12.3. The Morgan fingerprint density at radius 3 is 2.69 bits per heavy atom. The minimum atomic E-state index is -0.605. The van der Waals surface area contributed by atoms with Crippen LogP contribution in [0.4, 0.5) is 5.82 Å². The minimum absolute atomic E-state index is 0.0396. The molecule has 0 saturated heterocycles. The lowest BCUT2D eigenvalue weighted by Gasteiger charge is -2.15. The van der Waals surface area contributed by atoms with Crippen LogP contribution < -0.4 is 0 Å². The van der Waals surface area contributed by atoms with Crippen LogP contribution in [0, 0.1) is 10.1 Å². The largest absolute Gasteiger partial charge is 0.459 e. The highest BCUT2D eigenvalue weighted by molar-refractivity contribution is 6.30. The number of hydrogen-bond donors (Lipinski definition) is 0. The van der Waals surface area contributed by atoms with Gasteiger partial charge in [-0.2, -0.15) is 0 Å². The molecule has 0 N–H and O–H groups in total. The first-order chi connectivity index (χ1) is 12.4. The van der Waals surface area contributed by atoms with Crippen molar-refractivity contribution in [2.45, 2.75) is 13.1 Å². The number of hydrogen-bond acceptors (Lipinski definition) is 5. The van der Waals surface area contributed by atoms with Crippen LogP contribution >= 0.6 is 11.6 Å². The molecule has 0 fully saturated rings. The van der Waals surface area contributed by atoms with Crippen molar-refractivity contribution < 1.29 is 14.1 Å². The van der Waals surface area contributed by atoms with E-state index < -0.39 is 4.92 Å². The first-order valence-corrected chi connectivity index (χ1v) is 8.05. The number of nitro groups is 1. The Balaban J connectivity index is 1.62. The molecule has 1 aromatic carbocycles. The molecule has 0 aliphatic rings. The van der Waals surface area contributed by atoms with Crippen LogP contribution in [0.25, 0.3) is 11.3 Å². The van der Waals surface area contributed by atoms with Crippen LogP contribution in [-0.4, -0.2) is 32.3 Å². The number of carbonyl (C=O) groups excluding carboxylic acids is 1. The number of carbonyl (C=O) groups is 1. The molecule has 9 heteroatoms. The number of likely N-dealkylation sites (N-methyl/N-ethyl adjacent to an activating group) is 1. The van der Waals surface area contributed by atoms with Gasteiger partial charge in [0.25, 0.3) is 0 Å². The van der Waals surface area contributed by atoms with Gasteiger partial charge in [-0.1, -0.05) is 11.6 Å². The molecule has 0 aliphatic carbocycles. The highest BCUT2D eigenvalue weighted by Gasteiger charge is 2.16. The van der Waals surface area contributed by atoms with E-state index in [2.05, 4.69) is 4.98 Å².